The van der Waals surface area contributed by atoms with Gasteiger partial charge in [0.25, 0.3) is 5.69 Å². The number of rotatable bonds is 5. The van der Waals surface area contributed by atoms with Gasteiger partial charge in [0.05, 0.1) is 34.8 Å². The first-order valence-electron chi connectivity index (χ1n) is 10.4. The van der Waals surface area contributed by atoms with Crippen molar-refractivity contribution >= 4 is 22.3 Å². The van der Waals surface area contributed by atoms with E-state index in [0.717, 1.165) is 23.9 Å². The highest BCUT2D eigenvalue weighted by Crippen LogP contribution is 2.50. The summed E-state index contributed by atoms with van der Waals surface area (Å²) >= 11 is 0. The van der Waals surface area contributed by atoms with Crippen molar-refractivity contribution in [3.8, 4) is 0 Å². The summed E-state index contributed by atoms with van der Waals surface area (Å²) in [5, 5.41) is 23.5. The topological polar surface area (TPSA) is 89.0 Å². The lowest BCUT2D eigenvalue weighted by Gasteiger charge is -2.35. The molecule has 2 heterocycles. The van der Waals surface area contributed by atoms with Gasteiger partial charge in [-0.05, 0) is 43.6 Å². The van der Waals surface area contributed by atoms with Crippen molar-refractivity contribution < 1.29 is 19.2 Å². The number of fused-ring (bicyclic) bond motifs is 3. The maximum absolute atomic E-state index is 11.4. The van der Waals surface area contributed by atoms with Gasteiger partial charge in [0.15, 0.2) is 0 Å². The molecule has 1 saturated heterocycles. The molecule has 7 heteroatoms. The third-order valence-electron chi connectivity index (χ3n) is 6.85. The highest BCUT2D eigenvalue weighted by atomic mass is 16.6. The molecule has 0 unspecified atom stereocenters. The Kier molecular flexibility index (Phi) is 4.40. The van der Waals surface area contributed by atoms with Crippen molar-refractivity contribution in [1.82, 2.24) is 0 Å². The van der Waals surface area contributed by atoms with E-state index in [-0.39, 0.29) is 16.5 Å². The first kappa shape index (κ1) is 18.6. The second kappa shape index (κ2) is 6.85. The summed E-state index contributed by atoms with van der Waals surface area (Å²) < 4.78 is 11.7. The minimum atomic E-state index is -0.898. The van der Waals surface area contributed by atoms with E-state index in [9.17, 15) is 15.2 Å². The normalized spacial score (nSPS) is 28.2. The number of nitro groups is 1. The van der Waals surface area contributed by atoms with E-state index in [1.165, 1.54) is 6.07 Å². The zero-order valence-electron chi connectivity index (χ0n) is 16.5. The number of non-ortho nitro benzene ring substituents is 1. The standard InChI is InChI=1S/C22H26N2O5/c1-22(25,18-11-14-2-3-15(18)10-14)13-20-21(23-6-8-28-9-7-23)17-12-16(24(26)27)4-5-19(17)29-20/h2-5,12,14-15,18,25H,6-11,13H2,1H3/t14-,15-,18-,22+/m0/s1. The molecule has 1 saturated carbocycles. The quantitative estimate of drug-likeness (QED) is 0.469. The lowest BCUT2D eigenvalue weighted by atomic mass is 9.77. The average molecular weight is 398 g/mol. The van der Waals surface area contributed by atoms with E-state index in [4.69, 9.17) is 9.15 Å². The molecule has 0 amide bonds. The number of nitrogens with zero attached hydrogens (tertiary/aromatic N) is 2. The van der Waals surface area contributed by atoms with Gasteiger partial charge in [-0.25, -0.2) is 0 Å². The molecule has 7 nitrogen and oxygen atoms in total. The molecule has 2 aliphatic carbocycles. The van der Waals surface area contributed by atoms with Crippen molar-refractivity contribution in [1.29, 1.82) is 0 Å². The fraction of sp³-hybridized carbons (Fsp3) is 0.545. The summed E-state index contributed by atoms with van der Waals surface area (Å²) in [5.41, 5.74) is 0.636. The summed E-state index contributed by atoms with van der Waals surface area (Å²) in [4.78, 5) is 13.1. The second-order valence-corrected chi connectivity index (χ2v) is 8.83. The Bertz CT molecular complexity index is 973. The molecule has 3 aliphatic rings. The average Bonchev–Trinajstić information content (AvgIpc) is 3.41. The lowest BCUT2D eigenvalue weighted by Crippen LogP contribution is -2.40. The van der Waals surface area contributed by atoms with Crippen LogP contribution in [0.2, 0.25) is 0 Å². The minimum Gasteiger partial charge on any atom is -0.459 e. The summed E-state index contributed by atoms with van der Waals surface area (Å²) in [6.07, 6.45) is 7.05. The Hall–Kier alpha value is -2.38. The molecule has 154 valence electrons. The lowest BCUT2D eigenvalue weighted by molar-refractivity contribution is -0.384. The van der Waals surface area contributed by atoms with Gasteiger partial charge >= 0.3 is 0 Å². The van der Waals surface area contributed by atoms with Gasteiger partial charge in [0.2, 0.25) is 0 Å². The van der Waals surface area contributed by atoms with E-state index in [0.29, 0.717) is 55.9 Å². The Morgan fingerprint density at radius 2 is 2.07 bits per heavy atom. The Morgan fingerprint density at radius 3 is 2.72 bits per heavy atom. The monoisotopic (exact) mass is 398 g/mol. The van der Waals surface area contributed by atoms with Crippen LogP contribution >= 0.6 is 0 Å². The van der Waals surface area contributed by atoms with Crippen LogP contribution in [0.4, 0.5) is 11.4 Å². The van der Waals surface area contributed by atoms with Crippen molar-refractivity contribution in [2.45, 2.75) is 31.8 Å². The van der Waals surface area contributed by atoms with Gasteiger partial charge in [0, 0.05) is 31.6 Å². The van der Waals surface area contributed by atoms with E-state index < -0.39 is 5.60 Å². The van der Waals surface area contributed by atoms with Crippen LogP contribution in [0.1, 0.15) is 25.5 Å². The number of furan rings is 1. The van der Waals surface area contributed by atoms with Gasteiger partial charge in [-0.1, -0.05) is 12.2 Å². The summed E-state index contributed by atoms with van der Waals surface area (Å²) in [7, 11) is 0. The number of anilines is 1. The van der Waals surface area contributed by atoms with Crippen LogP contribution in [0.5, 0.6) is 0 Å². The van der Waals surface area contributed by atoms with E-state index in [1.807, 2.05) is 6.92 Å². The van der Waals surface area contributed by atoms with Crippen LogP contribution in [-0.2, 0) is 11.2 Å². The Balaban J connectivity index is 1.55. The predicted molar refractivity (Wildman–Crippen MR) is 109 cm³/mol. The SMILES string of the molecule is C[C@@](O)(Cc1oc2ccc([N+](=O)[O-])cc2c1N1CCOCC1)[C@H]1C[C@H]2C=C[C@H]1C2. The summed E-state index contributed by atoms with van der Waals surface area (Å²) in [6.45, 7) is 4.51. The van der Waals surface area contributed by atoms with Crippen molar-refractivity contribution in [3.63, 3.8) is 0 Å². The number of ether oxygens (including phenoxy) is 1. The van der Waals surface area contributed by atoms with Gasteiger partial charge in [-0.15, -0.1) is 0 Å². The number of benzene rings is 1. The van der Waals surface area contributed by atoms with Crippen LogP contribution in [0, 0.1) is 27.9 Å². The molecular weight excluding hydrogens is 372 g/mol. The Morgan fingerprint density at radius 1 is 1.28 bits per heavy atom. The molecule has 4 atom stereocenters. The molecular formula is C22H26N2O5. The van der Waals surface area contributed by atoms with Crippen LogP contribution in [-0.4, -0.2) is 41.9 Å². The zero-order chi connectivity index (χ0) is 20.2. The van der Waals surface area contributed by atoms with Gasteiger partial charge in [0.1, 0.15) is 11.3 Å². The molecule has 0 radical (unpaired) electrons. The summed E-state index contributed by atoms with van der Waals surface area (Å²) in [6, 6.07) is 4.72. The van der Waals surface area contributed by atoms with E-state index >= 15 is 0 Å². The number of morpholine rings is 1. The predicted octanol–water partition coefficient (Wildman–Crippen LogP) is 3.68. The number of allylic oxidation sites excluding steroid dienone is 2. The van der Waals surface area contributed by atoms with Crippen LogP contribution in [0.15, 0.2) is 34.8 Å². The molecule has 0 spiro atoms. The maximum atomic E-state index is 11.4. The smallest absolute Gasteiger partial charge is 0.270 e. The van der Waals surface area contributed by atoms with Gasteiger partial charge in [-0.3, -0.25) is 10.1 Å². The van der Waals surface area contributed by atoms with Crippen molar-refractivity contribution in [2.24, 2.45) is 17.8 Å². The van der Waals surface area contributed by atoms with E-state index in [2.05, 4.69) is 17.1 Å². The van der Waals surface area contributed by atoms with E-state index in [1.54, 1.807) is 12.1 Å². The molecule has 1 aliphatic heterocycles. The fourth-order valence-electron chi connectivity index (χ4n) is 5.44. The van der Waals surface area contributed by atoms with Gasteiger partial charge < -0.3 is 19.2 Å². The molecule has 5 rings (SSSR count). The number of aliphatic hydroxyl groups is 1. The highest BCUT2D eigenvalue weighted by molar-refractivity contribution is 5.94. The van der Waals surface area contributed by atoms with Crippen LogP contribution in [0.3, 0.4) is 0 Å². The molecule has 1 aromatic heterocycles. The highest BCUT2D eigenvalue weighted by Gasteiger charge is 2.46. The van der Waals surface area contributed by atoms with Crippen LogP contribution in [0.25, 0.3) is 11.0 Å². The number of hydrogen-bond donors (Lipinski definition) is 1. The number of hydrogen-bond acceptors (Lipinski definition) is 6. The van der Waals surface area contributed by atoms with Gasteiger partial charge in [-0.2, -0.15) is 0 Å². The minimum absolute atomic E-state index is 0.0457. The fourth-order valence-corrected chi connectivity index (χ4v) is 5.44. The first-order chi connectivity index (χ1) is 13.9. The molecule has 2 bridgehead atoms. The second-order valence-electron chi connectivity index (χ2n) is 8.83. The van der Waals surface area contributed by atoms with Crippen molar-refractivity contribution in [3.05, 3.63) is 46.2 Å². The summed E-state index contributed by atoms with van der Waals surface area (Å²) in [5.74, 6) is 1.91. The Labute approximate surface area is 169 Å². The maximum Gasteiger partial charge on any atom is 0.270 e. The largest absolute Gasteiger partial charge is 0.459 e. The zero-order valence-corrected chi connectivity index (χ0v) is 16.5. The molecule has 2 aromatic rings. The molecule has 1 aromatic carbocycles. The van der Waals surface area contributed by atoms with Crippen LogP contribution < -0.4 is 4.90 Å². The molecule has 29 heavy (non-hydrogen) atoms. The molecule has 1 N–H and O–H groups in total. The third kappa shape index (κ3) is 3.22. The number of nitro benzene ring substituents is 1. The van der Waals surface area contributed by atoms with Crippen molar-refractivity contribution in [2.75, 3.05) is 31.2 Å². The molecule has 2 fully saturated rings. The third-order valence-corrected chi connectivity index (χ3v) is 6.85. The first-order valence-corrected chi connectivity index (χ1v) is 10.4.